The number of rotatable bonds is 4. The van der Waals surface area contributed by atoms with Crippen molar-refractivity contribution in [3.05, 3.63) is 35.7 Å². The molecule has 0 saturated heterocycles. The van der Waals surface area contributed by atoms with E-state index in [1.54, 1.807) is 13.2 Å². The molecule has 124 valence electrons. The molecule has 0 aliphatic rings. The Morgan fingerprint density at radius 1 is 1.30 bits per heavy atom. The van der Waals surface area contributed by atoms with Crippen molar-refractivity contribution in [2.24, 2.45) is 7.05 Å². The van der Waals surface area contributed by atoms with Crippen LogP contribution in [0.4, 0.5) is 13.2 Å². The molecular weight excluding hydrogens is 313 g/mol. The van der Waals surface area contributed by atoms with Gasteiger partial charge in [-0.05, 0) is 24.1 Å². The van der Waals surface area contributed by atoms with Crippen LogP contribution in [0.15, 0.2) is 24.4 Å². The number of hydrogen-bond donors (Lipinski definition) is 1. The molecule has 0 radical (unpaired) electrons. The monoisotopic (exact) mass is 328 g/mol. The maximum absolute atomic E-state index is 12.6. The smallest absolute Gasteiger partial charge is 0.478 e. The Morgan fingerprint density at radius 2 is 1.96 bits per heavy atom. The summed E-state index contributed by atoms with van der Waals surface area (Å²) < 4.78 is 43.4. The van der Waals surface area contributed by atoms with Gasteiger partial charge in [-0.25, -0.2) is 4.79 Å². The Bertz CT molecular complexity index is 736. The lowest BCUT2D eigenvalue weighted by Gasteiger charge is -2.14. The highest BCUT2D eigenvalue weighted by molar-refractivity contribution is 5.90. The van der Waals surface area contributed by atoms with E-state index >= 15 is 0 Å². The van der Waals surface area contributed by atoms with Crippen LogP contribution < -0.4 is 4.74 Å². The van der Waals surface area contributed by atoms with Crippen LogP contribution in [0.2, 0.25) is 0 Å². The number of carbonyl (C=O) groups is 1. The van der Waals surface area contributed by atoms with E-state index in [0.717, 1.165) is 6.07 Å². The highest BCUT2D eigenvalue weighted by atomic mass is 19.4. The first kappa shape index (κ1) is 16.9. The summed E-state index contributed by atoms with van der Waals surface area (Å²) in [6, 6.07) is 3.40. The SMILES string of the molecule is CC(C)c1nn(C)cc1-c1ccc(C(=O)O)cc1OC(F)(F)F. The highest BCUT2D eigenvalue weighted by Gasteiger charge is 2.33. The number of benzene rings is 1. The third-order valence-corrected chi connectivity index (χ3v) is 3.15. The average molecular weight is 328 g/mol. The van der Waals surface area contributed by atoms with Gasteiger partial charge in [-0.3, -0.25) is 4.68 Å². The summed E-state index contributed by atoms with van der Waals surface area (Å²) >= 11 is 0. The number of hydrogen-bond acceptors (Lipinski definition) is 3. The van der Waals surface area contributed by atoms with E-state index in [1.807, 2.05) is 13.8 Å². The number of alkyl halides is 3. The minimum atomic E-state index is -4.92. The number of ether oxygens (including phenoxy) is 1. The van der Waals surface area contributed by atoms with Gasteiger partial charge in [0.05, 0.1) is 11.3 Å². The fourth-order valence-electron chi connectivity index (χ4n) is 2.23. The van der Waals surface area contributed by atoms with E-state index in [2.05, 4.69) is 9.84 Å². The second-order valence-corrected chi connectivity index (χ2v) is 5.32. The third kappa shape index (κ3) is 3.82. The summed E-state index contributed by atoms with van der Waals surface area (Å²) in [4.78, 5) is 11.0. The van der Waals surface area contributed by atoms with Crippen LogP contribution in [-0.4, -0.2) is 27.2 Å². The van der Waals surface area contributed by atoms with E-state index < -0.39 is 18.1 Å². The lowest BCUT2D eigenvalue weighted by atomic mass is 9.98. The van der Waals surface area contributed by atoms with Crippen molar-refractivity contribution in [3.63, 3.8) is 0 Å². The lowest BCUT2D eigenvalue weighted by molar-refractivity contribution is -0.274. The van der Waals surface area contributed by atoms with E-state index in [-0.39, 0.29) is 17.0 Å². The van der Waals surface area contributed by atoms with Gasteiger partial charge >= 0.3 is 12.3 Å². The van der Waals surface area contributed by atoms with Crippen LogP contribution in [0, 0.1) is 0 Å². The number of aromatic nitrogens is 2. The van der Waals surface area contributed by atoms with Gasteiger partial charge in [0, 0.05) is 24.4 Å². The number of carboxylic acid groups (broad SMARTS) is 1. The molecule has 2 rings (SSSR count). The molecule has 0 unspecified atom stereocenters. The van der Waals surface area contributed by atoms with Crippen molar-refractivity contribution in [1.82, 2.24) is 9.78 Å². The molecular formula is C15H15F3N2O3. The van der Waals surface area contributed by atoms with Crippen LogP contribution in [-0.2, 0) is 7.05 Å². The Morgan fingerprint density at radius 3 is 2.48 bits per heavy atom. The molecule has 0 amide bonds. The van der Waals surface area contributed by atoms with E-state index in [0.29, 0.717) is 11.3 Å². The maximum atomic E-state index is 12.6. The standard InChI is InChI=1S/C15H15F3N2O3/c1-8(2)13-11(7-20(3)19-13)10-5-4-9(14(21)22)6-12(10)23-15(16,17)18/h4-8H,1-3H3,(H,21,22). The van der Waals surface area contributed by atoms with E-state index in [4.69, 9.17) is 5.11 Å². The van der Waals surface area contributed by atoms with Crippen LogP contribution in [0.25, 0.3) is 11.1 Å². The minimum Gasteiger partial charge on any atom is -0.478 e. The quantitative estimate of drug-likeness (QED) is 0.927. The molecule has 1 heterocycles. The molecule has 0 aliphatic carbocycles. The van der Waals surface area contributed by atoms with Gasteiger partial charge < -0.3 is 9.84 Å². The molecule has 1 N–H and O–H groups in total. The first-order valence-electron chi connectivity index (χ1n) is 6.75. The topological polar surface area (TPSA) is 64.4 Å². The van der Waals surface area contributed by atoms with Crippen molar-refractivity contribution < 1.29 is 27.8 Å². The Labute approximate surface area is 130 Å². The first-order chi connectivity index (χ1) is 10.6. The molecule has 5 nitrogen and oxygen atoms in total. The molecule has 1 aromatic carbocycles. The minimum absolute atomic E-state index is 0.0240. The Balaban J connectivity index is 2.64. The summed E-state index contributed by atoms with van der Waals surface area (Å²) in [7, 11) is 1.66. The molecule has 0 saturated carbocycles. The summed E-state index contributed by atoms with van der Waals surface area (Å²) in [6.45, 7) is 3.73. The van der Waals surface area contributed by atoms with E-state index in [1.165, 1.54) is 16.8 Å². The van der Waals surface area contributed by atoms with Gasteiger partial charge in [0.1, 0.15) is 5.75 Å². The van der Waals surface area contributed by atoms with Gasteiger partial charge in [0.15, 0.2) is 0 Å². The zero-order chi connectivity index (χ0) is 17.4. The summed E-state index contributed by atoms with van der Waals surface area (Å²) in [5, 5.41) is 13.2. The molecule has 0 spiro atoms. The molecule has 8 heteroatoms. The molecule has 0 fully saturated rings. The molecule has 0 atom stereocenters. The number of nitrogens with zero attached hydrogens (tertiary/aromatic N) is 2. The molecule has 0 bridgehead atoms. The number of aryl methyl sites for hydroxylation is 1. The summed E-state index contributed by atoms with van der Waals surface area (Å²) in [5.41, 5.74) is 0.924. The number of halogens is 3. The molecule has 23 heavy (non-hydrogen) atoms. The number of carboxylic acids is 1. The van der Waals surface area contributed by atoms with E-state index in [9.17, 15) is 18.0 Å². The maximum Gasteiger partial charge on any atom is 0.573 e. The van der Waals surface area contributed by atoms with Gasteiger partial charge in [-0.2, -0.15) is 5.10 Å². The largest absolute Gasteiger partial charge is 0.573 e. The van der Waals surface area contributed by atoms with Crippen LogP contribution in [0.5, 0.6) is 5.75 Å². The van der Waals surface area contributed by atoms with Crippen molar-refractivity contribution in [2.45, 2.75) is 26.1 Å². The van der Waals surface area contributed by atoms with Gasteiger partial charge in [0.2, 0.25) is 0 Å². The average Bonchev–Trinajstić information content (AvgIpc) is 2.78. The fraction of sp³-hybridized carbons (Fsp3) is 0.333. The Hall–Kier alpha value is -2.51. The fourth-order valence-corrected chi connectivity index (χ4v) is 2.23. The number of aromatic carboxylic acids is 1. The normalized spacial score (nSPS) is 11.8. The second kappa shape index (κ2) is 5.94. The van der Waals surface area contributed by atoms with Crippen molar-refractivity contribution >= 4 is 5.97 Å². The van der Waals surface area contributed by atoms with Gasteiger partial charge in [-0.1, -0.05) is 13.8 Å². The van der Waals surface area contributed by atoms with Crippen molar-refractivity contribution in [2.75, 3.05) is 0 Å². The van der Waals surface area contributed by atoms with Crippen LogP contribution in [0.3, 0.4) is 0 Å². The van der Waals surface area contributed by atoms with Crippen LogP contribution in [0.1, 0.15) is 35.8 Å². The highest BCUT2D eigenvalue weighted by Crippen LogP contribution is 2.37. The first-order valence-corrected chi connectivity index (χ1v) is 6.75. The van der Waals surface area contributed by atoms with Crippen molar-refractivity contribution in [3.8, 4) is 16.9 Å². The molecule has 2 aromatic rings. The van der Waals surface area contributed by atoms with Crippen molar-refractivity contribution in [1.29, 1.82) is 0 Å². The summed E-state index contributed by atoms with van der Waals surface area (Å²) in [6.07, 6.45) is -3.35. The predicted octanol–water partition coefficient (Wildman–Crippen LogP) is 3.81. The third-order valence-electron chi connectivity index (χ3n) is 3.15. The lowest BCUT2D eigenvalue weighted by Crippen LogP contribution is -2.18. The second-order valence-electron chi connectivity index (χ2n) is 5.32. The summed E-state index contributed by atoms with van der Waals surface area (Å²) in [5.74, 6) is -1.92. The zero-order valence-corrected chi connectivity index (χ0v) is 12.7. The molecule has 0 aliphatic heterocycles. The zero-order valence-electron chi connectivity index (χ0n) is 12.7. The van der Waals surface area contributed by atoms with Crippen LogP contribution >= 0.6 is 0 Å². The van der Waals surface area contributed by atoms with Gasteiger partial charge in [-0.15, -0.1) is 13.2 Å². The molecule has 1 aromatic heterocycles. The van der Waals surface area contributed by atoms with Gasteiger partial charge in [0.25, 0.3) is 0 Å². The Kier molecular flexibility index (Phi) is 4.35. The predicted molar refractivity (Wildman–Crippen MR) is 76.4 cm³/mol.